The van der Waals surface area contributed by atoms with Crippen molar-refractivity contribution in [1.82, 2.24) is 0 Å². The maximum Gasteiger partial charge on any atom is 0.310 e. The van der Waals surface area contributed by atoms with E-state index in [1.807, 2.05) is 0 Å². The molecule has 2 aromatic carbocycles. The van der Waals surface area contributed by atoms with E-state index in [1.165, 1.54) is 6.07 Å². The molecule has 0 aliphatic heterocycles. The molecule has 0 aliphatic rings. The largest absolute Gasteiger partial charge is 0.482 e. The van der Waals surface area contributed by atoms with Crippen LogP contribution in [0.2, 0.25) is 5.02 Å². The number of hydrogen-bond donors (Lipinski definition) is 0. The Morgan fingerprint density at radius 2 is 2.00 bits per heavy atom. The fourth-order valence-corrected chi connectivity index (χ4v) is 2.32. The van der Waals surface area contributed by atoms with Crippen LogP contribution in [-0.4, -0.2) is 4.92 Å². The van der Waals surface area contributed by atoms with Crippen molar-refractivity contribution in [2.24, 2.45) is 0 Å². The smallest absolute Gasteiger partial charge is 0.310 e. The maximum atomic E-state index is 10.8. The van der Waals surface area contributed by atoms with E-state index in [0.717, 1.165) is 10.0 Å². The van der Waals surface area contributed by atoms with Gasteiger partial charge in [-0.1, -0.05) is 45.7 Å². The molecule has 0 atom stereocenters. The van der Waals surface area contributed by atoms with Crippen molar-refractivity contribution in [2.75, 3.05) is 0 Å². The minimum absolute atomic E-state index is 0.0485. The number of halogens is 2. The summed E-state index contributed by atoms with van der Waals surface area (Å²) in [6.45, 7) is 0.225. The van der Waals surface area contributed by atoms with Crippen LogP contribution in [0.3, 0.4) is 0 Å². The zero-order chi connectivity index (χ0) is 13.8. The van der Waals surface area contributed by atoms with Crippen LogP contribution in [0.1, 0.15) is 5.56 Å². The van der Waals surface area contributed by atoms with Crippen molar-refractivity contribution in [1.29, 1.82) is 0 Å². The quantitative estimate of drug-likeness (QED) is 0.603. The Kier molecular flexibility index (Phi) is 4.39. The van der Waals surface area contributed by atoms with Crippen LogP contribution in [0.5, 0.6) is 5.75 Å². The summed E-state index contributed by atoms with van der Waals surface area (Å²) in [5.74, 6) is 0.245. The number of hydrogen-bond acceptors (Lipinski definition) is 3. The molecular weight excluding hydrogens is 334 g/mol. The van der Waals surface area contributed by atoms with E-state index in [0.29, 0.717) is 5.02 Å². The van der Waals surface area contributed by atoms with Crippen LogP contribution >= 0.6 is 27.5 Å². The predicted molar refractivity (Wildman–Crippen MR) is 76.6 cm³/mol. The fourth-order valence-electron chi connectivity index (χ4n) is 1.52. The molecule has 0 N–H and O–H groups in total. The van der Waals surface area contributed by atoms with Gasteiger partial charge < -0.3 is 4.74 Å². The summed E-state index contributed by atoms with van der Waals surface area (Å²) in [4.78, 5) is 10.4. The SMILES string of the molecule is O=[N+]([O-])c1ccccc1OCc1ccc(Cl)cc1Br. The van der Waals surface area contributed by atoms with Gasteiger partial charge in [0.2, 0.25) is 0 Å². The summed E-state index contributed by atoms with van der Waals surface area (Å²) >= 11 is 9.21. The summed E-state index contributed by atoms with van der Waals surface area (Å²) < 4.78 is 6.29. The number of benzene rings is 2. The Morgan fingerprint density at radius 3 is 2.68 bits per heavy atom. The van der Waals surface area contributed by atoms with Crippen molar-refractivity contribution in [3.63, 3.8) is 0 Å². The van der Waals surface area contributed by atoms with E-state index in [4.69, 9.17) is 16.3 Å². The first-order chi connectivity index (χ1) is 9.08. The van der Waals surface area contributed by atoms with Gasteiger partial charge in [-0.3, -0.25) is 10.1 Å². The van der Waals surface area contributed by atoms with Gasteiger partial charge in [-0.05, 0) is 18.2 Å². The summed E-state index contributed by atoms with van der Waals surface area (Å²) in [7, 11) is 0. The molecule has 0 heterocycles. The highest BCUT2D eigenvalue weighted by molar-refractivity contribution is 9.10. The molecule has 0 unspecified atom stereocenters. The molecule has 19 heavy (non-hydrogen) atoms. The Morgan fingerprint density at radius 1 is 1.26 bits per heavy atom. The van der Waals surface area contributed by atoms with Gasteiger partial charge in [0.1, 0.15) is 6.61 Å². The Hall–Kier alpha value is -1.59. The molecule has 0 aromatic heterocycles. The highest BCUT2D eigenvalue weighted by Crippen LogP contribution is 2.28. The molecule has 6 heteroatoms. The third-order valence-electron chi connectivity index (χ3n) is 2.46. The van der Waals surface area contributed by atoms with Gasteiger partial charge in [0, 0.05) is 21.1 Å². The average Bonchev–Trinajstić information content (AvgIpc) is 2.38. The molecule has 0 fully saturated rings. The normalized spacial score (nSPS) is 10.2. The third kappa shape index (κ3) is 3.45. The van der Waals surface area contributed by atoms with Crippen LogP contribution in [0.25, 0.3) is 0 Å². The Balaban J connectivity index is 2.17. The molecule has 0 amide bonds. The van der Waals surface area contributed by atoms with E-state index >= 15 is 0 Å². The summed E-state index contributed by atoms with van der Waals surface area (Å²) in [5, 5.41) is 11.5. The second kappa shape index (κ2) is 6.04. The molecule has 0 spiro atoms. The number of nitro groups is 1. The van der Waals surface area contributed by atoms with Gasteiger partial charge in [0.05, 0.1) is 4.92 Å². The lowest BCUT2D eigenvalue weighted by atomic mass is 10.2. The molecule has 0 radical (unpaired) electrons. The van der Waals surface area contributed by atoms with Crippen LogP contribution < -0.4 is 4.74 Å². The van der Waals surface area contributed by atoms with E-state index < -0.39 is 4.92 Å². The molecule has 0 saturated heterocycles. The Bertz CT molecular complexity index is 619. The summed E-state index contributed by atoms with van der Waals surface area (Å²) in [6, 6.07) is 11.6. The van der Waals surface area contributed by atoms with Gasteiger partial charge in [0.15, 0.2) is 5.75 Å². The van der Waals surface area contributed by atoms with Gasteiger partial charge in [-0.15, -0.1) is 0 Å². The number of rotatable bonds is 4. The topological polar surface area (TPSA) is 52.4 Å². The standard InChI is InChI=1S/C13H9BrClNO3/c14-11-7-10(15)6-5-9(11)8-19-13-4-2-1-3-12(13)16(17)18/h1-7H,8H2. The van der Waals surface area contributed by atoms with Crippen LogP contribution in [0.4, 0.5) is 5.69 Å². The minimum atomic E-state index is -0.466. The van der Waals surface area contributed by atoms with Crippen molar-refractivity contribution in [3.05, 3.63) is 67.6 Å². The van der Waals surface area contributed by atoms with Gasteiger partial charge in [-0.2, -0.15) is 0 Å². The monoisotopic (exact) mass is 341 g/mol. The van der Waals surface area contributed by atoms with E-state index in [1.54, 1.807) is 36.4 Å². The lowest BCUT2D eigenvalue weighted by Crippen LogP contribution is -1.99. The lowest BCUT2D eigenvalue weighted by Gasteiger charge is -2.08. The van der Waals surface area contributed by atoms with Crippen molar-refractivity contribution in [3.8, 4) is 5.75 Å². The first-order valence-corrected chi connectivity index (χ1v) is 6.55. The molecule has 0 saturated carbocycles. The number of nitrogens with zero attached hydrogens (tertiary/aromatic N) is 1. The number of ether oxygens (including phenoxy) is 1. The van der Waals surface area contributed by atoms with Crippen LogP contribution in [-0.2, 0) is 6.61 Å². The van der Waals surface area contributed by atoms with E-state index in [2.05, 4.69) is 15.9 Å². The van der Waals surface area contributed by atoms with Crippen molar-refractivity contribution in [2.45, 2.75) is 6.61 Å². The zero-order valence-electron chi connectivity index (χ0n) is 9.68. The first-order valence-electron chi connectivity index (χ1n) is 5.38. The van der Waals surface area contributed by atoms with Crippen LogP contribution in [0, 0.1) is 10.1 Å². The molecular formula is C13H9BrClNO3. The second-order valence-corrected chi connectivity index (χ2v) is 5.04. The van der Waals surface area contributed by atoms with Gasteiger partial charge >= 0.3 is 5.69 Å². The number of para-hydroxylation sites is 2. The summed E-state index contributed by atoms with van der Waals surface area (Å²) in [6.07, 6.45) is 0. The molecule has 2 aromatic rings. The van der Waals surface area contributed by atoms with Crippen molar-refractivity contribution < 1.29 is 9.66 Å². The fraction of sp³-hybridized carbons (Fsp3) is 0.0769. The van der Waals surface area contributed by atoms with E-state index in [-0.39, 0.29) is 18.0 Å². The molecule has 0 bridgehead atoms. The minimum Gasteiger partial charge on any atom is -0.482 e. The maximum absolute atomic E-state index is 10.8. The zero-order valence-corrected chi connectivity index (χ0v) is 12.0. The highest BCUT2D eigenvalue weighted by Gasteiger charge is 2.14. The lowest BCUT2D eigenvalue weighted by molar-refractivity contribution is -0.385. The third-order valence-corrected chi connectivity index (χ3v) is 3.43. The van der Waals surface area contributed by atoms with E-state index in [9.17, 15) is 10.1 Å². The second-order valence-electron chi connectivity index (χ2n) is 3.75. The van der Waals surface area contributed by atoms with Crippen molar-refractivity contribution >= 4 is 33.2 Å². The molecule has 2 rings (SSSR count). The molecule has 98 valence electrons. The Labute approximate surface area is 123 Å². The summed E-state index contributed by atoms with van der Waals surface area (Å²) in [5.41, 5.74) is 0.815. The molecule has 0 aliphatic carbocycles. The number of nitro benzene ring substituents is 1. The van der Waals surface area contributed by atoms with Gasteiger partial charge in [0.25, 0.3) is 0 Å². The van der Waals surface area contributed by atoms with Crippen LogP contribution in [0.15, 0.2) is 46.9 Å². The average molecular weight is 343 g/mol. The highest BCUT2D eigenvalue weighted by atomic mass is 79.9. The predicted octanol–water partition coefficient (Wildman–Crippen LogP) is 4.59. The first kappa shape index (κ1) is 13.8. The van der Waals surface area contributed by atoms with Gasteiger partial charge in [-0.25, -0.2) is 0 Å². The molecule has 4 nitrogen and oxygen atoms in total.